The van der Waals surface area contributed by atoms with Crippen LogP contribution in [0.1, 0.15) is 12.8 Å². The molecule has 12 heteroatoms. The van der Waals surface area contributed by atoms with Gasteiger partial charge in [-0.25, -0.2) is 0 Å². The quantitative estimate of drug-likeness (QED) is 0.370. The first-order valence-electron chi connectivity index (χ1n) is 6.14. The number of hydrogen-bond acceptors (Lipinski definition) is 7. The number of aliphatic hydroxyl groups is 1. The number of nitrogens with zero attached hydrogens (tertiary/aromatic N) is 2. The molecule has 3 amide bonds. The van der Waals surface area contributed by atoms with E-state index in [2.05, 4.69) is 4.28 Å². The molecule has 2 fully saturated rings. The van der Waals surface area contributed by atoms with Crippen LogP contribution in [-0.4, -0.2) is 71.6 Å². The highest BCUT2D eigenvalue weighted by molar-refractivity contribution is 7.80. The van der Waals surface area contributed by atoms with Crippen molar-refractivity contribution in [2.45, 2.75) is 24.9 Å². The predicted octanol–water partition coefficient (Wildman–Crippen LogP) is -2.09. The normalized spacial score (nSPS) is 32.5. The average molecular weight is 326 g/mol. The predicted molar refractivity (Wildman–Crippen MR) is 64.0 cm³/mol. The molecule has 2 heterocycles. The van der Waals surface area contributed by atoms with E-state index in [4.69, 9.17) is 20.2 Å². The molecule has 4 N–H and O–H groups in total. The van der Waals surface area contributed by atoms with Crippen molar-refractivity contribution in [1.29, 1.82) is 0 Å². The lowest BCUT2D eigenvalue weighted by Gasteiger charge is -2.27. The number of piperidine rings is 1. The summed E-state index contributed by atoms with van der Waals surface area (Å²) in [6, 6.07) is -2.62. The Kier molecular flexibility index (Phi) is 4.19. The molecule has 2 aliphatic rings. The number of aliphatic hydroxyl groups excluding tert-OH is 1. The molecule has 11 nitrogen and oxygen atoms in total. The zero-order valence-electron chi connectivity index (χ0n) is 10.9. The van der Waals surface area contributed by atoms with Crippen LogP contribution >= 0.6 is 0 Å². The fourth-order valence-electron chi connectivity index (χ4n) is 2.66. The Balaban J connectivity index is 2.37. The standard InChI is InChI=1S/C9H15N3O8S/c10-8(14)7-2-1-6-5-11(7)9(15)12(6,19-4-3-13)20-21(16,17)18/h6-7,13H,1-5H2,(H2-,10,14,16,17,18)/p+1/t6?,7-,12?/m0/s1. The van der Waals surface area contributed by atoms with Crippen LogP contribution in [0.2, 0.25) is 0 Å². The van der Waals surface area contributed by atoms with Crippen LogP contribution in [0.5, 0.6) is 0 Å². The van der Waals surface area contributed by atoms with Crippen molar-refractivity contribution in [3.05, 3.63) is 0 Å². The number of quaternary nitrogens is 1. The van der Waals surface area contributed by atoms with Crippen molar-refractivity contribution < 1.29 is 41.6 Å². The number of fused-ring (bicyclic) bond motifs is 2. The second-order valence-corrected chi connectivity index (χ2v) is 5.74. The first-order chi connectivity index (χ1) is 9.71. The van der Waals surface area contributed by atoms with Crippen LogP contribution in [0.4, 0.5) is 4.79 Å². The molecule has 21 heavy (non-hydrogen) atoms. The Morgan fingerprint density at radius 3 is 2.67 bits per heavy atom. The topological polar surface area (TPSA) is 156 Å². The van der Waals surface area contributed by atoms with Crippen molar-refractivity contribution in [3.63, 3.8) is 0 Å². The Hall–Kier alpha value is -1.31. The van der Waals surface area contributed by atoms with E-state index in [-0.39, 0.29) is 19.4 Å². The summed E-state index contributed by atoms with van der Waals surface area (Å²) >= 11 is 0. The van der Waals surface area contributed by atoms with Crippen molar-refractivity contribution in [1.82, 2.24) is 4.90 Å². The van der Waals surface area contributed by atoms with E-state index in [1.807, 2.05) is 0 Å². The number of hydroxylamine groups is 4. The second-order valence-electron chi connectivity index (χ2n) is 4.74. The highest BCUT2D eigenvalue weighted by Gasteiger charge is 2.66. The van der Waals surface area contributed by atoms with Crippen molar-refractivity contribution >= 4 is 22.3 Å². The number of rotatable bonds is 6. The van der Waals surface area contributed by atoms with Crippen molar-refractivity contribution in [2.24, 2.45) is 5.73 Å². The Morgan fingerprint density at radius 1 is 1.48 bits per heavy atom. The summed E-state index contributed by atoms with van der Waals surface area (Å²) < 4.78 is 35.4. The van der Waals surface area contributed by atoms with E-state index < -0.39 is 52.4 Å². The average Bonchev–Trinajstić information content (AvgIpc) is 2.57. The number of hydrogen-bond donors (Lipinski definition) is 3. The monoisotopic (exact) mass is 326 g/mol. The lowest BCUT2D eigenvalue weighted by Crippen LogP contribution is -2.56. The molecule has 2 aliphatic heterocycles. The maximum atomic E-state index is 12.4. The third kappa shape index (κ3) is 2.86. The largest absolute Gasteiger partial charge is 0.488 e. The van der Waals surface area contributed by atoms with E-state index in [0.717, 1.165) is 4.90 Å². The molecule has 0 aromatic heterocycles. The van der Waals surface area contributed by atoms with Crippen molar-refractivity contribution in [3.8, 4) is 0 Å². The van der Waals surface area contributed by atoms with Gasteiger partial charge in [0, 0.05) is 10.7 Å². The molecular weight excluding hydrogens is 310 g/mol. The number of urea groups is 1. The summed E-state index contributed by atoms with van der Waals surface area (Å²) in [6.07, 6.45) is 0.444. The van der Waals surface area contributed by atoms with Crippen molar-refractivity contribution in [2.75, 3.05) is 19.8 Å². The number of carbonyl (C=O) groups excluding carboxylic acids is 2. The Morgan fingerprint density at radius 2 is 2.14 bits per heavy atom. The van der Waals surface area contributed by atoms with E-state index in [9.17, 15) is 18.0 Å². The van der Waals surface area contributed by atoms with Gasteiger partial charge in [-0.1, -0.05) is 0 Å². The molecule has 0 spiro atoms. The lowest BCUT2D eigenvalue weighted by atomic mass is 10.0. The first-order valence-corrected chi connectivity index (χ1v) is 7.51. The number of carbonyl (C=O) groups is 2. The molecule has 0 aromatic rings. The zero-order chi connectivity index (χ0) is 15.8. The second kappa shape index (κ2) is 5.47. The maximum Gasteiger partial charge on any atom is 0.488 e. The molecule has 0 saturated carbocycles. The first kappa shape index (κ1) is 16.1. The summed E-state index contributed by atoms with van der Waals surface area (Å²) in [5.41, 5.74) is 5.20. The van der Waals surface area contributed by atoms with Crippen LogP contribution in [0.15, 0.2) is 0 Å². The van der Waals surface area contributed by atoms with Crippen LogP contribution < -0.4 is 5.73 Å². The molecule has 0 radical (unpaired) electrons. The summed E-state index contributed by atoms with van der Waals surface area (Å²) in [5, 5.41) is 8.80. The Labute approximate surface area is 120 Å². The van der Waals surface area contributed by atoms with E-state index >= 15 is 0 Å². The van der Waals surface area contributed by atoms with Gasteiger partial charge in [-0.05, 0) is 6.42 Å². The van der Waals surface area contributed by atoms with Gasteiger partial charge in [0.1, 0.15) is 12.6 Å². The molecule has 120 valence electrons. The summed E-state index contributed by atoms with van der Waals surface area (Å²) in [4.78, 5) is 28.4. The van der Waals surface area contributed by atoms with Crippen LogP contribution in [0.3, 0.4) is 0 Å². The summed E-state index contributed by atoms with van der Waals surface area (Å²) in [6.45, 7) is -0.895. The van der Waals surface area contributed by atoms with Gasteiger partial charge in [-0.15, -0.1) is 0 Å². The third-order valence-electron chi connectivity index (χ3n) is 3.46. The molecular formula is C9H16N3O8S+. The van der Waals surface area contributed by atoms with E-state index in [1.165, 1.54) is 0 Å². The Bertz CT molecular complexity index is 551. The molecule has 2 unspecified atom stereocenters. The molecule has 2 rings (SSSR count). The minimum absolute atomic E-state index is 0.00656. The molecule has 0 aromatic carbocycles. The van der Waals surface area contributed by atoms with E-state index in [1.54, 1.807) is 0 Å². The SMILES string of the molecule is NC(=O)[C@@H]1CCC2CN1C(=O)[N+]2(OCCO)OS(=O)(=O)O. The molecule has 2 bridgehead atoms. The highest BCUT2D eigenvalue weighted by Crippen LogP contribution is 2.37. The van der Waals surface area contributed by atoms with Crippen LogP contribution in [0, 0.1) is 0 Å². The summed E-state index contributed by atoms with van der Waals surface area (Å²) in [5.74, 6) is -0.726. The van der Waals surface area contributed by atoms with E-state index in [0.29, 0.717) is 0 Å². The number of primary amides is 1. The van der Waals surface area contributed by atoms with Gasteiger partial charge in [0.25, 0.3) is 0 Å². The maximum absolute atomic E-state index is 12.4. The zero-order valence-corrected chi connectivity index (χ0v) is 11.7. The minimum atomic E-state index is -5.00. The molecule has 2 saturated heterocycles. The van der Waals surface area contributed by atoms with Gasteiger partial charge >= 0.3 is 16.4 Å². The fraction of sp³-hybridized carbons (Fsp3) is 0.778. The molecule has 3 atom stereocenters. The van der Waals surface area contributed by atoms with Gasteiger partial charge in [-0.3, -0.25) is 14.2 Å². The number of nitrogens with two attached hydrogens (primary N) is 1. The summed E-state index contributed by atoms with van der Waals surface area (Å²) in [7, 11) is -5.00. The van der Waals surface area contributed by atoms with Crippen LogP contribution in [-0.2, 0) is 24.3 Å². The van der Waals surface area contributed by atoms with Gasteiger partial charge in [-0.2, -0.15) is 18.0 Å². The smallest absolute Gasteiger partial charge is 0.394 e. The highest BCUT2D eigenvalue weighted by atomic mass is 32.3. The number of amides is 3. The van der Waals surface area contributed by atoms with Gasteiger partial charge < -0.3 is 10.8 Å². The van der Waals surface area contributed by atoms with Crippen LogP contribution in [0.25, 0.3) is 0 Å². The lowest BCUT2D eigenvalue weighted by molar-refractivity contribution is -1.18. The third-order valence-corrected chi connectivity index (χ3v) is 3.87. The van der Waals surface area contributed by atoms with Gasteiger partial charge in [0.05, 0.1) is 18.0 Å². The van der Waals surface area contributed by atoms with Gasteiger partial charge in [0.15, 0.2) is 6.04 Å². The molecule has 0 aliphatic carbocycles. The minimum Gasteiger partial charge on any atom is -0.394 e. The fourth-order valence-corrected chi connectivity index (χ4v) is 3.17. The van der Waals surface area contributed by atoms with Gasteiger partial charge in [0.2, 0.25) is 5.91 Å².